The topological polar surface area (TPSA) is 54.0 Å². The van der Waals surface area contributed by atoms with Gasteiger partial charge in [0, 0.05) is 11.7 Å². The number of carbonyl (C=O) groups excluding carboxylic acids is 1. The van der Waals surface area contributed by atoms with Crippen LogP contribution in [-0.4, -0.2) is 22.0 Å². The molecule has 2 saturated heterocycles. The van der Waals surface area contributed by atoms with Gasteiger partial charge in [0.25, 0.3) is 0 Å². The van der Waals surface area contributed by atoms with Gasteiger partial charge in [0.2, 0.25) is 5.91 Å². The predicted molar refractivity (Wildman–Crippen MR) is 107 cm³/mol. The molecule has 156 valence electrons. The second-order valence-electron chi connectivity index (χ2n) is 8.38. The highest BCUT2D eigenvalue weighted by molar-refractivity contribution is 5.90. The minimum atomic E-state index is -4.35. The lowest BCUT2D eigenvalue weighted by atomic mass is 9.88. The smallest absolute Gasteiger partial charge is 0.350 e. The fraction of sp³-hybridized carbons (Fsp3) is 0.429. The normalized spacial score (nSPS) is 25.7. The van der Waals surface area contributed by atoms with Crippen LogP contribution in [0.3, 0.4) is 0 Å². The minimum absolute atomic E-state index is 0. The van der Waals surface area contributed by atoms with Crippen molar-refractivity contribution in [3.8, 4) is 11.1 Å². The van der Waals surface area contributed by atoms with Gasteiger partial charge in [-0.3, -0.25) is 15.1 Å². The van der Waals surface area contributed by atoms with Gasteiger partial charge < -0.3 is 5.32 Å². The van der Waals surface area contributed by atoms with Gasteiger partial charge >= 0.3 is 6.18 Å². The molecule has 2 aliphatic rings. The third-order valence-electron chi connectivity index (χ3n) is 5.62. The number of rotatable bonds is 2. The highest BCUT2D eigenvalue weighted by atomic mass is 35.5. The lowest BCUT2D eigenvalue weighted by Gasteiger charge is -2.23. The fourth-order valence-electron chi connectivity index (χ4n) is 4.38. The SMILES string of the molecule is CC1(C)C[C@@]2(CC[C@@H](c3cc(-c4ccc(C(F)(F)F)cc4)ccn3)N2)C(=O)N1.Cl. The Bertz CT molecular complexity index is 914. The molecule has 8 heteroatoms. The van der Waals surface area contributed by atoms with E-state index in [1.165, 1.54) is 12.1 Å². The number of hydrogen-bond acceptors (Lipinski definition) is 3. The van der Waals surface area contributed by atoms with E-state index in [4.69, 9.17) is 0 Å². The molecule has 2 N–H and O–H groups in total. The van der Waals surface area contributed by atoms with Gasteiger partial charge in [0.05, 0.1) is 17.3 Å². The van der Waals surface area contributed by atoms with E-state index in [1.807, 2.05) is 19.9 Å². The van der Waals surface area contributed by atoms with Gasteiger partial charge in [0.15, 0.2) is 0 Å². The van der Waals surface area contributed by atoms with Crippen molar-refractivity contribution >= 4 is 18.3 Å². The van der Waals surface area contributed by atoms with Crippen molar-refractivity contribution < 1.29 is 18.0 Å². The third kappa shape index (κ3) is 4.12. The Kier molecular flexibility index (Phi) is 5.43. The molecule has 1 amide bonds. The van der Waals surface area contributed by atoms with Crippen molar-refractivity contribution in [2.75, 3.05) is 0 Å². The van der Waals surface area contributed by atoms with Crippen molar-refractivity contribution in [3.63, 3.8) is 0 Å². The molecule has 1 spiro atoms. The van der Waals surface area contributed by atoms with Gasteiger partial charge in [-0.05, 0) is 68.5 Å². The van der Waals surface area contributed by atoms with Crippen LogP contribution < -0.4 is 10.6 Å². The lowest BCUT2D eigenvalue weighted by Crippen LogP contribution is -2.47. The molecular formula is C21H23ClF3N3O. The van der Waals surface area contributed by atoms with E-state index in [0.29, 0.717) is 12.0 Å². The van der Waals surface area contributed by atoms with Gasteiger partial charge in [-0.15, -0.1) is 12.4 Å². The Morgan fingerprint density at radius 2 is 1.79 bits per heavy atom. The van der Waals surface area contributed by atoms with Gasteiger partial charge in [-0.25, -0.2) is 0 Å². The maximum absolute atomic E-state index is 12.8. The number of amides is 1. The van der Waals surface area contributed by atoms with Crippen molar-refractivity contribution in [1.82, 2.24) is 15.6 Å². The Morgan fingerprint density at radius 3 is 2.38 bits per heavy atom. The molecule has 4 rings (SSSR count). The zero-order chi connectivity index (χ0) is 20.2. The molecule has 0 radical (unpaired) electrons. The highest BCUT2D eigenvalue weighted by Gasteiger charge is 2.54. The third-order valence-corrected chi connectivity index (χ3v) is 5.62. The first-order valence-corrected chi connectivity index (χ1v) is 9.32. The number of alkyl halides is 3. The van der Waals surface area contributed by atoms with E-state index < -0.39 is 17.3 Å². The number of aromatic nitrogens is 1. The molecule has 29 heavy (non-hydrogen) atoms. The summed E-state index contributed by atoms with van der Waals surface area (Å²) in [6.45, 7) is 4.02. The van der Waals surface area contributed by atoms with Crippen LogP contribution in [0.1, 0.15) is 50.4 Å². The second kappa shape index (κ2) is 7.29. The van der Waals surface area contributed by atoms with Crippen molar-refractivity contribution in [2.45, 2.75) is 56.4 Å². The molecule has 0 bridgehead atoms. The lowest BCUT2D eigenvalue weighted by molar-refractivity contribution is -0.137. The molecule has 2 fully saturated rings. The van der Waals surface area contributed by atoms with Crippen LogP contribution in [0, 0.1) is 0 Å². The molecule has 1 aromatic heterocycles. The van der Waals surface area contributed by atoms with Crippen LogP contribution in [-0.2, 0) is 11.0 Å². The molecule has 0 unspecified atom stereocenters. The minimum Gasteiger partial charge on any atom is -0.350 e. The largest absolute Gasteiger partial charge is 0.416 e. The Morgan fingerprint density at radius 1 is 1.10 bits per heavy atom. The standard InChI is InChI=1S/C21H22F3N3O.ClH/c1-19(2)12-20(18(28)27-19)9-7-16(26-20)17-11-14(8-10-25-17)13-3-5-15(6-4-13)21(22,23)24;/h3-6,8,10-11,16,26H,7,9,12H2,1-2H3,(H,27,28);1H/t16-,20-;/m0./s1. The first-order chi connectivity index (χ1) is 13.1. The summed E-state index contributed by atoms with van der Waals surface area (Å²) in [5, 5.41) is 6.51. The van der Waals surface area contributed by atoms with E-state index in [1.54, 1.807) is 12.3 Å². The number of carbonyl (C=O) groups is 1. The van der Waals surface area contributed by atoms with Crippen molar-refractivity contribution in [2.24, 2.45) is 0 Å². The zero-order valence-corrected chi connectivity index (χ0v) is 17.0. The summed E-state index contributed by atoms with van der Waals surface area (Å²) in [4.78, 5) is 17.0. The van der Waals surface area contributed by atoms with E-state index in [9.17, 15) is 18.0 Å². The van der Waals surface area contributed by atoms with Crippen LogP contribution in [0.15, 0.2) is 42.6 Å². The van der Waals surface area contributed by atoms with E-state index in [2.05, 4.69) is 15.6 Å². The summed E-state index contributed by atoms with van der Waals surface area (Å²) in [5.74, 6) is 0.0268. The van der Waals surface area contributed by atoms with Crippen LogP contribution in [0.5, 0.6) is 0 Å². The van der Waals surface area contributed by atoms with Gasteiger partial charge in [0.1, 0.15) is 5.54 Å². The van der Waals surface area contributed by atoms with Crippen molar-refractivity contribution in [1.29, 1.82) is 0 Å². The summed E-state index contributed by atoms with van der Waals surface area (Å²) < 4.78 is 38.3. The summed E-state index contributed by atoms with van der Waals surface area (Å²) >= 11 is 0. The molecule has 1 aromatic carbocycles. The van der Waals surface area contributed by atoms with Gasteiger partial charge in [-0.1, -0.05) is 12.1 Å². The monoisotopic (exact) mass is 425 g/mol. The molecule has 2 aliphatic heterocycles. The van der Waals surface area contributed by atoms with E-state index in [0.717, 1.165) is 36.2 Å². The Balaban J connectivity index is 0.00000240. The number of nitrogens with one attached hydrogen (secondary N) is 2. The molecule has 2 aromatic rings. The van der Waals surface area contributed by atoms with Crippen LogP contribution in [0.2, 0.25) is 0 Å². The molecule has 3 heterocycles. The van der Waals surface area contributed by atoms with E-state index in [-0.39, 0.29) is 29.9 Å². The summed E-state index contributed by atoms with van der Waals surface area (Å²) in [6.07, 6.45) is -0.451. The van der Waals surface area contributed by atoms with Gasteiger partial charge in [-0.2, -0.15) is 13.2 Å². The Hall–Kier alpha value is -2.12. The molecule has 0 saturated carbocycles. The number of nitrogens with zero attached hydrogens (tertiary/aromatic N) is 1. The first kappa shape index (κ1) is 21.6. The molecule has 2 atom stereocenters. The van der Waals surface area contributed by atoms with Crippen LogP contribution in [0.4, 0.5) is 13.2 Å². The maximum atomic E-state index is 12.8. The summed E-state index contributed by atoms with van der Waals surface area (Å²) in [5.41, 5.74) is 0.822. The predicted octanol–water partition coefficient (Wildman–Crippen LogP) is 4.65. The van der Waals surface area contributed by atoms with E-state index >= 15 is 0 Å². The number of halogens is 4. The first-order valence-electron chi connectivity index (χ1n) is 9.32. The molecular weight excluding hydrogens is 403 g/mol. The molecule has 4 nitrogen and oxygen atoms in total. The summed E-state index contributed by atoms with van der Waals surface area (Å²) in [7, 11) is 0. The fourth-order valence-corrected chi connectivity index (χ4v) is 4.38. The van der Waals surface area contributed by atoms with Crippen LogP contribution in [0.25, 0.3) is 11.1 Å². The number of hydrogen-bond donors (Lipinski definition) is 2. The number of benzene rings is 1. The zero-order valence-electron chi connectivity index (χ0n) is 16.1. The average molecular weight is 426 g/mol. The van der Waals surface area contributed by atoms with Crippen molar-refractivity contribution in [3.05, 3.63) is 53.9 Å². The molecule has 0 aliphatic carbocycles. The summed E-state index contributed by atoms with van der Waals surface area (Å²) in [6, 6.07) is 8.72. The van der Waals surface area contributed by atoms with Crippen LogP contribution >= 0.6 is 12.4 Å². The second-order valence-corrected chi connectivity index (χ2v) is 8.38. The maximum Gasteiger partial charge on any atom is 0.416 e. The Labute approximate surface area is 173 Å². The number of pyridine rings is 1. The quantitative estimate of drug-likeness (QED) is 0.736. The average Bonchev–Trinajstić information content (AvgIpc) is 3.15. The highest BCUT2D eigenvalue weighted by Crippen LogP contribution is 2.41.